The maximum absolute atomic E-state index is 12.8. The van der Waals surface area contributed by atoms with Crippen molar-refractivity contribution in [1.82, 2.24) is 4.90 Å². The summed E-state index contributed by atoms with van der Waals surface area (Å²) in [5.74, 6) is 3.26. The zero-order chi connectivity index (χ0) is 16.8. The highest BCUT2D eigenvalue weighted by atomic mass is 32.2. The number of carbonyl (C=O) groups is 1. The lowest BCUT2D eigenvalue weighted by Gasteiger charge is -2.28. The fourth-order valence-electron chi connectivity index (χ4n) is 3.07. The zero-order valence-electron chi connectivity index (χ0n) is 14.0. The third kappa shape index (κ3) is 4.12. The smallest absolute Gasteiger partial charge is 0.223 e. The summed E-state index contributed by atoms with van der Waals surface area (Å²) in [4.78, 5) is 14.8. The van der Waals surface area contributed by atoms with Gasteiger partial charge in [-0.1, -0.05) is 42.5 Å². The van der Waals surface area contributed by atoms with Gasteiger partial charge >= 0.3 is 0 Å². The van der Waals surface area contributed by atoms with E-state index in [1.54, 1.807) is 7.11 Å². The first-order valence-corrected chi connectivity index (χ1v) is 9.48. The van der Waals surface area contributed by atoms with Crippen molar-refractivity contribution in [3.8, 4) is 5.75 Å². The minimum atomic E-state index is 0.0826. The molecule has 1 aliphatic heterocycles. The molecule has 3 rings (SSSR count). The zero-order valence-corrected chi connectivity index (χ0v) is 14.8. The van der Waals surface area contributed by atoms with Gasteiger partial charge in [0.15, 0.2) is 0 Å². The Morgan fingerprint density at radius 3 is 2.29 bits per heavy atom. The molecule has 2 aromatic rings. The Kier molecular flexibility index (Phi) is 5.81. The molecule has 1 aliphatic rings. The summed E-state index contributed by atoms with van der Waals surface area (Å²) in [6, 6.07) is 18.4. The van der Waals surface area contributed by atoms with E-state index in [9.17, 15) is 4.79 Å². The predicted molar refractivity (Wildman–Crippen MR) is 99.8 cm³/mol. The lowest BCUT2D eigenvalue weighted by Crippen LogP contribution is -2.38. The molecule has 1 fully saturated rings. The first-order chi connectivity index (χ1) is 11.8. The van der Waals surface area contributed by atoms with Crippen molar-refractivity contribution in [3.63, 3.8) is 0 Å². The van der Waals surface area contributed by atoms with Gasteiger partial charge in [-0.2, -0.15) is 11.8 Å². The van der Waals surface area contributed by atoms with Crippen LogP contribution in [0.3, 0.4) is 0 Å². The van der Waals surface area contributed by atoms with Gasteiger partial charge in [-0.05, 0) is 23.3 Å². The first-order valence-electron chi connectivity index (χ1n) is 8.32. The van der Waals surface area contributed by atoms with Crippen LogP contribution in [0.25, 0.3) is 0 Å². The highest BCUT2D eigenvalue weighted by molar-refractivity contribution is 7.99. The maximum atomic E-state index is 12.8. The van der Waals surface area contributed by atoms with Crippen LogP contribution in [0.15, 0.2) is 54.6 Å². The van der Waals surface area contributed by atoms with Crippen molar-refractivity contribution >= 4 is 17.7 Å². The largest absolute Gasteiger partial charge is 0.497 e. The number of carbonyl (C=O) groups excluding carboxylic acids is 1. The highest BCUT2D eigenvalue weighted by Crippen LogP contribution is 2.30. The van der Waals surface area contributed by atoms with Gasteiger partial charge < -0.3 is 9.64 Å². The van der Waals surface area contributed by atoms with Crippen LogP contribution in [-0.2, 0) is 4.79 Å². The Balaban J connectivity index is 1.83. The Morgan fingerprint density at radius 2 is 1.67 bits per heavy atom. The summed E-state index contributed by atoms with van der Waals surface area (Å²) >= 11 is 1.92. The topological polar surface area (TPSA) is 29.5 Å². The van der Waals surface area contributed by atoms with Gasteiger partial charge in [-0.3, -0.25) is 4.79 Å². The van der Waals surface area contributed by atoms with Gasteiger partial charge in [0.2, 0.25) is 5.91 Å². The number of hydrogen-bond acceptors (Lipinski definition) is 3. The molecule has 1 atom stereocenters. The van der Waals surface area contributed by atoms with E-state index in [2.05, 4.69) is 24.3 Å². The standard InChI is InChI=1S/C20H23NO2S/c1-23-18-9-7-17(8-10-18)19(16-5-3-2-4-6-16)15-20(22)21-11-13-24-14-12-21/h2-10,19H,11-15H2,1H3. The summed E-state index contributed by atoms with van der Waals surface area (Å²) in [5.41, 5.74) is 2.34. The minimum absolute atomic E-state index is 0.0826. The Hall–Kier alpha value is -1.94. The number of ether oxygens (including phenoxy) is 1. The second-order valence-electron chi connectivity index (χ2n) is 5.93. The summed E-state index contributed by atoms with van der Waals surface area (Å²) in [6.07, 6.45) is 0.515. The first kappa shape index (κ1) is 16.9. The van der Waals surface area contributed by atoms with Crippen LogP contribution in [0.5, 0.6) is 5.75 Å². The van der Waals surface area contributed by atoms with E-state index in [0.717, 1.165) is 35.9 Å². The van der Waals surface area contributed by atoms with E-state index in [1.165, 1.54) is 5.56 Å². The lowest BCUT2D eigenvalue weighted by atomic mass is 9.88. The van der Waals surface area contributed by atoms with Gasteiger partial charge in [0, 0.05) is 36.9 Å². The fraction of sp³-hybridized carbons (Fsp3) is 0.350. The number of methoxy groups -OCH3 is 1. The van der Waals surface area contributed by atoms with E-state index in [1.807, 2.05) is 47.0 Å². The molecule has 0 spiro atoms. The predicted octanol–water partition coefficient (Wildman–Crippen LogP) is 3.79. The van der Waals surface area contributed by atoms with Crippen molar-refractivity contribution in [3.05, 3.63) is 65.7 Å². The molecule has 24 heavy (non-hydrogen) atoms. The van der Waals surface area contributed by atoms with Crippen molar-refractivity contribution in [2.45, 2.75) is 12.3 Å². The summed E-state index contributed by atoms with van der Waals surface area (Å²) in [6.45, 7) is 1.74. The minimum Gasteiger partial charge on any atom is -0.497 e. The highest BCUT2D eigenvalue weighted by Gasteiger charge is 2.23. The molecule has 3 nitrogen and oxygen atoms in total. The van der Waals surface area contributed by atoms with Gasteiger partial charge in [0.05, 0.1) is 7.11 Å². The van der Waals surface area contributed by atoms with Crippen molar-refractivity contribution in [2.24, 2.45) is 0 Å². The molecule has 1 amide bonds. The van der Waals surface area contributed by atoms with Gasteiger partial charge in [-0.15, -0.1) is 0 Å². The average molecular weight is 341 g/mol. The van der Waals surface area contributed by atoms with Crippen LogP contribution in [0.1, 0.15) is 23.5 Å². The molecule has 0 bridgehead atoms. The quantitative estimate of drug-likeness (QED) is 0.829. The SMILES string of the molecule is COc1ccc(C(CC(=O)N2CCSCC2)c2ccccc2)cc1. The molecule has 4 heteroatoms. The van der Waals surface area contributed by atoms with Crippen molar-refractivity contribution in [1.29, 1.82) is 0 Å². The van der Waals surface area contributed by atoms with Crippen LogP contribution in [0.2, 0.25) is 0 Å². The third-order valence-corrected chi connectivity index (χ3v) is 5.41. The molecule has 0 N–H and O–H groups in total. The maximum Gasteiger partial charge on any atom is 0.223 e. The summed E-state index contributed by atoms with van der Waals surface area (Å²) in [5, 5.41) is 0. The Labute approximate surface area is 148 Å². The van der Waals surface area contributed by atoms with Crippen LogP contribution in [-0.4, -0.2) is 42.5 Å². The van der Waals surface area contributed by atoms with E-state index in [4.69, 9.17) is 4.74 Å². The van der Waals surface area contributed by atoms with Gasteiger partial charge in [-0.25, -0.2) is 0 Å². The van der Waals surface area contributed by atoms with Crippen LogP contribution in [0.4, 0.5) is 0 Å². The Morgan fingerprint density at radius 1 is 1.04 bits per heavy atom. The number of thioether (sulfide) groups is 1. The van der Waals surface area contributed by atoms with Crippen molar-refractivity contribution in [2.75, 3.05) is 31.7 Å². The van der Waals surface area contributed by atoms with Crippen molar-refractivity contribution < 1.29 is 9.53 Å². The van der Waals surface area contributed by atoms with Crippen LogP contribution >= 0.6 is 11.8 Å². The number of benzene rings is 2. The summed E-state index contributed by atoms with van der Waals surface area (Å²) < 4.78 is 5.25. The van der Waals surface area contributed by atoms with E-state index in [-0.39, 0.29) is 11.8 Å². The van der Waals surface area contributed by atoms with E-state index < -0.39 is 0 Å². The van der Waals surface area contributed by atoms with E-state index >= 15 is 0 Å². The molecule has 126 valence electrons. The number of rotatable bonds is 5. The number of nitrogens with zero attached hydrogens (tertiary/aromatic N) is 1. The fourth-order valence-corrected chi connectivity index (χ4v) is 3.97. The molecule has 2 aromatic carbocycles. The molecule has 1 saturated heterocycles. The lowest BCUT2D eigenvalue weighted by molar-refractivity contribution is -0.131. The molecule has 1 heterocycles. The molecule has 1 unspecified atom stereocenters. The molecule has 0 radical (unpaired) electrons. The molecule has 0 aromatic heterocycles. The van der Waals surface area contributed by atoms with Gasteiger partial charge in [0.1, 0.15) is 5.75 Å². The van der Waals surface area contributed by atoms with Crippen LogP contribution < -0.4 is 4.74 Å². The second-order valence-corrected chi connectivity index (χ2v) is 7.16. The third-order valence-electron chi connectivity index (χ3n) is 4.46. The van der Waals surface area contributed by atoms with Crippen LogP contribution in [0, 0.1) is 0 Å². The van der Waals surface area contributed by atoms with E-state index in [0.29, 0.717) is 6.42 Å². The number of hydrogen-bond donors (Lipinski definition) is 0. The normalized spacial score (nSPS) is 15.8. The summed E-state index contributed by atoms with van der Waals surface area (Å²) in [7, 11) is 1.67. The second kappa shape index (κ2) is 8.25. The number of amides is 1. The average Bonchev–Trinajstić information content (AvgIpc) is 2.67. The molecular formula is C20H23NO2S. The molecular weight excluding hydrogens is 318 g/mol. The molecule has 0 aliphatic carbocycles. The van der Waals surface area contributed by atoms with Gasteiger partial charge in [0.25, 0.3) is 0 Å². The monoisotopic (exact) mass is 341 g/mol. The Bertz CT molecular complexity index is 651. The molecule has 0 saturated carbocycles.